The van der Waals surface area contributed by atoms with Crippen molar-refractivity contribution >= 4 is 11.7 Å². The number of aromatic carboxylic acids is 1. The highest BCUT2D eigenvalue weighted by Crippen LogP contribution is 2.17. The molecule has 0 atom stereocenters. The van der Waals surface area contributed by atoms with Gasteiger partial charge in [0, 0.05) is 11.9 Å². The van der Waals surface area contributed by atoms with Gasteiger partial charge in [0.1, 0.15) is 0 Å². The van der Waals surface area contributed by atoms with Crippen molar-refractivity contribution in [3.05, 3.63) is 47.5 Å². The van der Waals surface area contributed by atoms with E-state index >= 15 is 0 Å². The van der Waals surface area contributed by atoms with E-state index in [9.17, 15) is 4.79 Å². The number of aromatic nitrogens is 2. The van der Waals surface area contributed by atoms with Gasteiger partial charge in [-0.1, -0.05) is 0 Å². The topological polar surface area (TPSA) is 78.0 Å². The summed E-state index contributed by atoms with van der Waals surface area (Å²) < 4.78 is 0. The number of aromatic amines is 1. The maximum absolute atomic E-state index is 10.8. The molecule has 0 unspecified atom stereocenters. The summed E-state index contributed by atoms with van der Waals surface area (Å²) in [6, 6.07) is 5.01. The Morgan fingerprint density at radius 3 is 2.94 bits per heavy atom. The van der Waals surface area contributed by atoms with E-state index in [0.29, 0.717) is 12.1 Å². The molecule has 2 rings (SSSR count). The van der Waals surface area contributed by atoms with Gasteiger partial charge < -0.3 is 15.4 Å². The van der Waals surface area contributed by atoms with E-state index in [2.05, 4.69) is 15.3 Å². The molecule has 17 heavy (non-hydrogen) atoms. The molecular weight excluding hydrogens is 218 g/mol. The van der Waals surface area contributed by atoms with Crippen LogP contribution in [0, 0.1) is 6.92 Å². The van der Waals surface area contributed by atoms with Crippen molar-refractivity contribution < 1.29 is 9.90 Å². The Morgan fingerprint density at radius 2 is 2.35 bits per heavy atom. The van der Waals surface area contributed by atoms with Gasteiger partial charge in [0.05, 0.1) is 24.1 Å². The quantitative estimate of drug-likeness (QED) is 0.752. The molecule has 0 aliphatic rings. The molecule has 5 heteroatoms. The molecule has 0 spiro atoms. The van der Waals surface area contributed by atoms with Crippen LogP contribution in [0.3, 0.4) is 0 Å². The standard InChI is InChI=1S/C12H13N3O2/c1-8-4-9(12(16)17)2-3-11(8)14-6-10-5-13-7-15-10/h2-5,7,14H,6H2,1H3,(H,13,15)(H,16,17). The first kappa shape index (κ1) is 11.2. The van der Waals surface area contributed by atoms with Crippen LogP contribution < -0.4 is 5.32 Å². The van der Waals surface area contributed by atoms with Crippen molar-refractivity contribution in [3.63, 3.8) is 0 Å². The summed E-state index contributed by atoms with van der Waals surface area (Å²) in [5.41, 5.74) is 3.11. The van der Waals surface area contributed by atoms with Crippen molar-refractivity contribution in [1.29, 1.82) is 0 Å². The molecule has 1 heterocycles. The molecule has 0 fully saturated rings. The number of rotatable bonds is 4. The normalized spacial score (nSPS) is 10.2. The number of aryl methyl sites for hydroxylation is 1. The maximum atomic E-state index is 10.8. The van der Waals surface area contributed by atoms with Crippen LogP contribution in [0.5, 0.6) is 0 Å². The average molecular weight is 231 g/mol. The van der Waals surface area contributed by atoms with Crippen LogP contribution in [-0.4, -0.2) is 21.0 Å². The van der Waals surface area contributed by atoms with Gasteiger partial charge >= 0.3 is 5.97 Å². The summed E-state index contributed by atoms with van der Waals surface area (Å²) in [5.74, 6) is -0.909. The zero-order valence-corrected chi connectivity index (χ0v) is 9.40. The highest BCUT2D eigenvalue weighted by Gasteiger charge is 2.05. The lowest BCUT2D eigenvalue weighted by molar-refractivity contribution is 0.0697. The Hall–Kier alpha value is -2.30. The summed E-state index contributed by atoms with van der Waals surface area (Å²) in [7, 11) is 0. The first-order valence-corrected chi connectivity index (χ1v) is 5.22. The molecule has 0 amide bonds. The summed E-state index contributed by atoms with van der Waals surface area (Å²) >= 11 is 0. The molecule has 0 aliphatic carbocycles. The van der Waals surface area contributed by atoms with Gasteiger partial charge in [-0.25, -0.2) is 9.78 Å². The Morgan fingerprint density at radius 1 is 1.53 bits per heavy atom. The maximum Gasteiger partial charge on any atom is 0.335 e. The van der Waals surface area contributed by atoms with Gasteiger partial charge in [0.15, 0.2) is 0 Å². The predicted molar refractivity (Wildman–Crippen MR) is 64.1 cm³/mol. The Balaban J connectivity index is 2.09. The number of carboxylic acid groups (broad SMARTS) is 1. The van der Waals surface area contributed by atoms with E-state index in [4.69, 9.17) is 5.11 Å². The van der Waals surface area contributed by atoms with Crippen molar-refractivity contribution in [3.8, 4) is 0 Å². The van der Waals surface area contributed by atoms with E-state index < -0.39 is 5.97 Å². The lowest BCUT2D eigenvalue weighted by atomic mass is 10.1. The number of carboxylic acids is 1. The fraction of sp³-hybridized carbons (Fsp3) is 0.167. The number of H-pyrrole nitrogens is 1. The monoisotopic (exact) mass is 231 g/mol. The zero-order chi connectivity index (χ0) is 12.3. The SMILES string of the molecule is Cc1cc(C(=O)O)ccc1NCc1cnc[nH]1. The van der Waals surface area contributed by atoms with Crippen LogP contribution in [0.4, 0.5) is 5.69 Å². The van der Waals surface area contributed by atoms with E-state index in [1.54, 1.807) is 30.7 Å². The minimum atomic E-state index is -0.909. The predicted octanol–water partition coefficient (Wildman–Crippen LogP) is 2.03. The first-order valence-electron chi connectivity index (χ1n) is 5.22. The summed E-state index contributed by atoms with van der Waals surface area (Å²) in [4.78, 5) is 17.7. The third-order valence-corrected chi connectivity index (χ3v) is 2.50. The number of nitrogens with zero attached hydrogens (tertiary/aromatic N) is 1. The van der Waals surface area contributed by atoms with E-state index in [1.807, 2.05) is 6.92 Å². The van der Waals surface area contributed by atoms with Crippen molar-refractivity contribution in [2.45, 2.75) is 13.5 Å². The molecule has 0 radical (unpaired) electrons. The van der Waals surface area contributed by atoms with Crippen molar-refractivity contribution in [2.24, 2.45) is 0 Å². The molecule has 3 N–H and O–H groups in total. The summed E-state index contributed by atoms with van der Waals surface area (Å²) in [5, 5.41) is 12.1. The number of carbonyl (C=O) groups is 1. The Labute approximate surface area is 98.5 Å². The number of benzene rings is 1. The molecule has 0 aliphatic heterocycles. The van der Waals surface area contributed by atoms with E-state index in [-0.39, 0.29) is 0 Å². The van der Waals surface area contributed by atoms with Crippen LogP contribution in [0.1, 0.15) is 21.6 Å². The molecule has 1 aromatic heterocycles. The average Bonchev–Trinajstić information content (AvgIpc) is 2.80. The summed E-state index contributed by atoms with van der Waals surface area (Å²) in [6.07, 6.45) is 3.37. The molecular formula is C12H13N3O2. The van der Waals surface area contributed by atoms with Crippen LogP contribution in [0.25, 0.3) is 0 Å². The molecule has 0 saturated carbocycles. The first-order chi connectivity index (χ1) is 8.16. The third-order valence-electron chi connectivity index (χ3n) is 2.50. The largest absolute Gasteiger partial charge is 0.478 e. The number of anilines is 1. The second kappa shape index (κ2) is 4.69. The number of hydrogen-bond acceptors (Lipinski definition) is 3. The van der Waals surface area contributed by atoms with Gasteiger partial charge in [0.25, 0.3) is 0 Å². The minimum absolute atomic E-state index is 0.301. The zero-order valence-electron chi connectivity index (χ0n) is 9.40. The smallest absolute Gasteiger partial charge is 0.335 e. The van der Waals surface area contributed by atoms with Crippen LogP contribution in [-0.2, 0) is 6.54 Å². The van der Waals surface area contributed by atoms with Crippen LogP contribution in [0.2, 0.25) is 0 Å². The number of nitrogens with one attached hydrogen (secondary N) is 2. The van der Waals surface area contributed by atoms with Crippen LogP contribution >= 0.6 is 0 Å². The van der Waals surface area contributed by atoms with Gasteiger partial charge in [-0.15, -0.1) is 0 Å². The fourth-order valence-corrected chi connectivity index (χ4v) is 1.57. The fourth-order valence-electron chi connectivity index (χ4n) is 1.57. The highest BCUT2D eigenvalue weighted by atomic mass is 16.4. The van der Waals surface area contributed by atoms with Crippen molar-refractivity contribution in [2.75, 3.05) is 5.32 Å². The van der Waals surface area contributed by atoms with Gasteiger partial charge in [-0.05, 0) is 30.7 Å². The molecule has 1 aromatic carbocycles. The highest BCUT2D eigenvalue weighted by molar-refractivity contribution is 5.88. The molecule has 88 valence electrons. The van der Waals surface area contributed by atoms with Gasteiger partial charge in [-0.3, -0.25) is 0 Å². The minimum Gasteiger partial charge on any atom is -0.478 e. The summed E-state index contributed by atoms with van der Waals surface area (Å²) in [6.45, 7) is 2.51. The molecule has 0 bridgehead atoms. The second-order valence-corrected chi connectivity index (χ2v) is 3.77. The third kappa shape index (κ3) is 2.63. The van der Waals surface area contributed by atoms with Crippen molar-refractivity contribution in [1.82, 2.24) is 9.97 Å². The Kier molecular flexibility index (Phi) is 3.09. The number of imidazole rings is 1. The lowest BCUT2D eigenvalue weighted by Gasteiger charge is -2.09. The van der Waals surface area contributed by atoms with Gasteiger partial charge in [-0.2, -0.15) is 0 Å². The second-order valence-electron chi connectivity index (χ2n) is 3.77. The van der Waals surface area contributed by atoms with E-state index in [0.717, 1.165) is 16.9 Å². The van der Waals surface area contributed by atoms with Gasteiger partial charge in [0.2, 0.25) is 0 Å². The molecule has 2 aromatic rings. The lowest BCUT2D eigenvalue weighted by Crippen LogP contribution is -2.03. The molecule has 0 saturated heterocycles. The van der Waals surface area contributed by atoms with Crippen LogP contribution in [0.15, 0.2) is 30.7 Å². The number of hydrogen-bond donors (Lipinski definition) is 3. The Bertz CT molecular complexity index is 521. The molecule has 5 nitrogen and oxygen atoms in total. The van der Waals surface area contributed by atoms with E-state index in [1.165, 1.54) is 0 Å².